The van der Waals surface area contributed by atoms with Crippen molar-refractivity contribution in [1.29, 1.82) is 0 Å². The molecule has 1 heterocycles. The lowest BCUT2D eigenvalue weighted by molar-refractivity contribution is 0.0951. The van der Waals surface area contributed by atoms with Crippen LogP contribution >= 0.6 is 34.7 Å². The third kappa shape index (κ3) is 5.32. The predicted octanol–water partition coefficient (Wildman–Crippen LogP) is 2.82. The topological polar surface area (TPSA) is 68.0 Å². The van der Waals surface area contributed by atoms with E-state index in [9.17, 15) is 4.79 Å². The molecule has 2 aromatic rings. The van der Waals surface area contributed by atoms with Gasteiger partial charge in [0, 0.05) is 34.0 Å². The smallest absolute Gasteiger partial charge is 0.270 e. The van der Waals surface area contributed by atoms with Crippen molar-refractivity contribution in [3.8, 4) is 0 Å². The number of nitrogens with two attached hydrogens (primary N) is 1. The van der Waals surface area contributed by atoms with E-state index < -0.39 is 0 Å². The van der Waals surface area contributed by atoms with Gasteiger partial charge in [-0.05, 0) is 30.8 Å². The molecule has 0 atom stereocenters. The van der Waals surface area contributed by atoms with Crippen molar-refractivity contribution in [2.75, 3.05) is 18.8 Å². The third-order valence-electron chi connectivity index (χ3n) is 2.61. The number of aromatic nitrogens is 1. The summed E-state index contributed by atoms with van der Waals surface area (Å²) in [5.41, 5.74) is 5.94. The zero-order chi connectivity index (χ0) is 15.1. The Kier molecular flexibility index (Phi) is 6.50. The molecule has 3 N–H and O–H groups in total. The monoisotopic (exact) mass is 341 g/mol. The van der Waals surface area contributed by atoms with Crippen LogP contribution in [0.1, 0.15) is 15.5 Å². The van der Waals surface area contributed by atoms with Crippen molar-refractivity contribution in [1.82, 2.24) is 10.3 Å². The van der Waals surface area contributed by atoms with Crippen LogP contribution in [0.2, 0.25) is 5.02 Å². The molecule has 0 saturated heterocycles. The number of hydrogen-bond donors (Lipinski definition) is 2. The maximum atomic E-state index is 11.9. The number of thioether (sulfide) groups is 1. The molecule has 2 rings (SSSR count). The average Bonchev–Trinajstić information content (AvgIpc) is 2.94. The molecular weight excluding hydrogens is 326 g/mol. The number of hydrogen-bond acceptors (Lipinski definition) is 5. The van der Waals surface area contributed by atoms with E-state index in [2.05, 4.69) is 10.3 Å². The average molecular weight is 342 g/mol. The number of carbonyl (C=O) groups excluding carboxylic acids is 1. The van der Waals surface area contributed by atoms with Gasteiger partial charge in [0.1, 0.15) is 5.69 Å². The van der Waals surface area contributed by atoms with Crippen LogP contribution < -0.4 is 11.1 Å². The molecular formula is C14H16ClN3OS2. The number of benzene rings is 1. The van der Waals surface area contributed by atoms with Crippen molar-refractivity contribution >= 4 is 40.6 Å². The highest BCUT2D eigenvalue weighted by Crippen LogP contribution is 2.19. The molecule has 0 fully saturated rings. The van der Waals surface area contributed by atoms with Gasteiger partial charge in [-0.15, -0.1) is 23.1 Å². The first-order valence-corrected chi connectivity index (χ1v) is 8.74. The Labute approximate surface area is 137 Å². The van der Waals surface area contributed by atoms with Crippen LogP contribution in [0.4, 0.5) is 0 Å². The highest BCUT2D eigenvalue weighted by atomic mass is 35.5. The van der Waals surface area contributed by atoms with Crippen molar-refractivity contribution in [3.05, 3.63) is 45.4 Å². The SMILES string of the molecule is NCCc1nc(C(=O)NCCSc2ccc(Cl)cc2)cs1. The Morgan fingerprint density at radius 1 is 1.38 bits per heavy atom. The van der Waals surface area contributed by atoms with E-state index in [0.717, 1.165) is 20.7 Å². The minimum Gasteiger partial charge on any atom is -0.350 e. The molecule has 0 aliphatic rings. The van der Waals surface area contributed by atoms with E-state index in [0.29, 0.717) is 25.2 Å². The van der Waals surface area contributed by atoms with Crippen LogP contribution in [0.5, 0.6) is 0 Å². The quantitative estimate of drug-likeness (QED) is 0.600. The van der Waals surface area contributed by atoms with Gasteiger partial charge in [-0.25, -0.2) is 4.98 Å². The van der Waals surface area contributed by atoms with Crippen LogP contribution in [0.3, 0.4) is 0 Å². The van der Waals surface area contributed by atoms with Crippen molar-refractivity contribution in [2.45, 2.75) is 11.3 Å². The Bertz CT molecular complexity index is 586. The molecule has 0 radical (unpaired) electrons. The van der Waals surface area contributed by atoms with Gasteiger partial charge in [-0.3, -0.25) is 4.79 Å². The molecule has 0 bridgehead atoms. The third-order valence-corrected chi connectivity index (χ3v) is 4.79. The summed E-state index contributed by atoms with van der Waals surface area (Å²) in [6, 6.07) is 7.65. The Morgan fingerprint density at radius 3 is 2.86 bits per heavy atom. The number of carbonyl (C=O) groups is 1. The van der Waals surface area contributed by atoms with E-state index in [1.807, 2.05) is 24.3 Å². The number of amides is 1. The lowest BCUT2D eigenvalue weighted by Crippen LogP contribution is -2.26. The van der Waals surface area contributed by atoms with Gasteiger partial charge in [0.05, 0.1) is 5.01 Å². The van der Waals surface area contributed by atoms with Gasteiger partial charge < -0.3 is 11.1 Å². The fraction of sp³-hybridized carbons (Fsp3) is 0.286. The minimum absolute atomic E-state index is 0.133. The first-order chi connectivity index (χ1) is 10.2. The Hall–Kier alpha value is -1.08. The second-order valence-corrected chi connectivity index (χ2v) is 6.77. The lowest BCUT2D eigenvalue weighted by atomic mass is 10.4. The molecule has 7 heteroatoms. The van der Waals surface area contributed by atoms with Crippen LogP contribution in [0, 0.1) is 0 Å². The van der Waals surface area contributed by atoms with Crippen molar-refractivity contribution in [2.24, 2.45) is 5.73 Å². The van der Waals surface area contributed by atoms with Crippen molar-refractivity contribution < 1.29 is 4.79 Å². The fourth-order valence-corrected chi connectivity index (χ4v) is 3.30. The van der Waals surface area contributed by atoms with Gasteiger partial charge in [0.25, 0.3) is 5.91 Å². The molecule has 1 aromatic carbocycles. The molecule has 112 valence electrons. The zero-order valence-electron chi connectivity index (χ0n) is 11.3. The van der Waals surface area contributed by atoms with Gasteiger partial charge in [0.15, 0.2) is 0 Å². The van der Waals surface area contributed by atoms with Gasteiger partial charge in [0.2, 0.25) is 0 Å². The predicted molar refractivity (Wildman–Crippen MR) is 89.4 cm³/mol. The number of nitrogens with zero attached hydrogens (tertiary/aromatic N) is 1. The fourth-order valence-electron chi connectivity index (χ4n) is 1.61. The van der Waals surface area contributed by atoms with Gasteiger partial charge in [-0.2, -0.15) is 0 Å². The number of rotatable bonds is 7. The molecule has 21 heavy (non-hydrogen) atoms. The standard InChI is InChI=1S/C14H16ClN3OS2/c15-10-1-3-11(4-2-10)20-8-7-17-14(19)12-9-21-13(18-12)5-6-16/h1-4,9H,5-8,16H2,(H,17,19). The molecule has 0 aliphatic carbocycles. The maximum Gasteiger partial charge on any atom is 0.270 e. The van der Waals surface area contributed by atoms with E-state index in [1.54, 1.807) is 17.1 Å². The Balaban J connectivity index is 1.72. The molecule has 0 aliphatic heterocycles. The number of halogens is 1. The first-order valence-electron chi connectivity index (χ1n) is 6.50. The molecule has 1 amide bonds. The minimum atomic E-state index is -0.133. The zero-order valence-corrected chi connectivity index (χ0v) is 13.7. The van der Waals surface area contributed by atoms with Crippen LogP contribution in [-0.2, 0) is 6.42 Å². The summed E-state index contributed by atoms with van der Waals surface area (Å²) in [6.07, 6.45) is 0.713. The normalized spacial score (nSPS) is 10.6. The lowest BCUT2D eigenvalue weighted by Gasteiger charge is -2.03. The van der Waals surface area contributed by atoms with Crippen LogP contribution in [0.25, 0.3) is 0 Å². The van der Waals surface area contributed by atoms with Gasteiger partial charge >= 0.3 is 0 Å². The molecule has 1 aromatic heterocycles. The number of thiazole rings is 1. The highest BCUT2D eigenvalue weighted by molar-refractivity contribution is 7.99. The van der Waals surface area contributed by atoms with Crippen LogP contribution in [0.15, 0.2) is 34.5 Å². The van der Waals surface area contributed by atoms with Crippen molar-refractivity contribution in [3.63, 3.8) is 0 Å². The number of nitrogens with one attached hydrogen (secondary N) is 1. The van der Waals surface area contributed by atoms with E-state index >= 15 is 0 Å². The summed E-state index contributed by atoms with van der Waals surface area (Å²) in [4.78, 5) is 17.3. The second kappa shape index (κ2) is 8.38. The van der Waals surface area contributed by atoms with E-state index in [-0.39, 0.29) is 5.91 Å². The molecule has 0 spiro atoms. The maximum absolute atomic E-state index is 11.9. The molecule has 4 nitrogen and oxygen atoms in total. The summed E-state index contributed by atoms with van der Waals surface area (Å²) in [5.74, 6) is 0.666. The first kappa shape index (κ1) is 16.3. The summed E-state index contributed by atoms with van der Waals surface area (Å²) < 4.78 is 0. The summed E-state index contributed by atoms with van der Waals surface area (Å²) in [6.45, 7) is 1.14. The molecule has 0 saturated carbocycles. The second-order valence-electron chi connectivity index (χ2n) is 4.22. The largest absolute Gasteiger partial charge is 0.350 e. The Morgan fingerprint density at radius 2 is 2.14 bits per heavy atom. The van der Waals surface area contributed by atoms with E-state index in [1.165, 1.54) is 11.3 Å². The highest BCUT2D eigenvalue weighted by Gasteiger charge is 2.09. The summed E-state index contributed by atoms with van der Waals surface area (Å²) in [5, 5.41) is 6.26. The van der Waals surface area contributed by atoms with Gasteiger partial charge in [-0.1, -0.05) is 11.6 Å². The van der Waals surface area contributed by atoms with Crippen LogP contribution in [-0.4, -0.2) is 29.7 Å². The summed E-state index contributed by atoms with van der Waals surface area (Å²) in [7, 11) is 0. The van der Waals surface area contributed by atoms with E-state index in [4.69, 9.17) is 17.3 Å². The summed E-state index contributed by atoms with van der Waals surface area (Å²) >= 11 is 8.97. The molecule has 0 unspecified atom stereocenters.